The van der Waals surface area contributed by atoms with Gasteiger partial charge in [0.05, 0.1) is 5.71 Å². The maximum absolute atomic E-state index is 11.0. The Morgan fingerprint density at radius 3 is 2.88 bits per heavy atom. The van der Waals surface area contributed by atoms with E-state index in [1.165, 1.54) is 7.05 Å². The minimum absolute atomic E-state index is 0.0174. The SMILES string of the molecule is CNC(=O)ON=C1CSC(C)SCC1(C)C. The van der Waals surface area contributed by atoms with Gasteiger partial charge in [0, 0.05) is 28.6 Å². The maximum Gasteiger partial charge on any atom is 0.433 e. The third kappa shape index (κ3) is 3.90. The summed E-state index contributed by atoms with van der Waals surface area (Å²) in [5, 5.41) is 6.35. The number of nitrogens with zero attached hydrogens (tertiary/aromatic N) is 1. The van der Waals surface area contributed by atoms with E-state index in [4.69, 9.17) is 4.84 Å². The molecule has 16 heavy (non-hydrogen) atoms. The zero-order chi connectivity index (χ0) is 12.2. The number of hydrogen-bond acceptors (Lipinski definition) is 5. The molecule has 6 heteroatoms. The quantitative estimate of drug-likeness (QED) is 0.583. The largest absolute Gasteiger partial charge is 0.433 e. The van der Waals surface area contributed by atoms with Crippen molar-refractivity contribution >= 4 is 35.3 Å². The highest BCUT2D eigenvalue weighted by Gasteiger charge is 2.30. The average molecular weight is 262 g/mol. The molecular formula is C10H18N2O2S2. The molecule has 1 aliphatic rings. The van der Waals surface area contributed by atoms with E-state index in [2.05, 4.69) is 31.2 Å². The van der Waals surface area contributed by atoms with Gasteiger partial charge in [0.2, 0.25) is 0 Å². The van der Waals surface area contributed by atoms with Crippen LogP contribution in [0.25, 0.3) is 0 Å². The molecule has 0 spiro atoms. The van der Waals surface area contributed by atoms with Crippen LogP contribution in [0.3, 0.4) is 0 Å². The highest BCUT2D eigenvalue weighted by Crippen LogP contribution is 2.36. The first-order valence-corrected chi connectivity index (χ1v) is 7.25. The second kappa shape index (κ2) is 5.82. The molecule has 1 saturated heterocycles. The Morgan fingerprint density at radius 2 is 2.25 bits per heavy atom. The van der Waals surface area contributed by atoms with Gasteiger partial charge in [0.1, 0.15) is 0 Å². The minimum atomic E-state index is -0.516. The summed E-state index contributed by atoms with van der Waals surface area (Å²) in [6.45, 7) is 6.45. The van der Waals surface area contributed by atoms with Gasteiger partial charge >= 0.3 is 6.09 Å². The standard InChI is InChI=1S/C10H18N2O2S2/c1-7-15-5-8(10(2,3)6-16-7)12-14-9(13)11-4/h7H,5-6H2,1-4H3,(H,11,13). The van der Waals surface area contributed by atoms with E-state index >= 15 is 0 Å². The zero-order valence-corrected chi connectivity index (χ0v) is 11.7. The molecule has 0 saturated carbocycles. The van der Waals surface area contributed by atoms with E-state index in [1.807, 2.05) is 23.5 Å². The molecule has 1 N–H and O–H groups in total. The van der Waals surface area contributed by atoms with Crippen LogP contribution in [0.15, 0.2) is 5.16 Å². The fourth-order valence-corrected chi connectivity index (χ4v) is 3.59. The Labute approximate surface area is 105 Å². The second-order valence-corrected chi connectivity index (χ2v) is 7.20. The molecule has 0 aromatic heterocycles. The molecule has 1 fully saturated rings. The van der Waals surface area contributed by atoms with Crippen molar-refractivity contribution in [1.29, 1.82) is 0 Å². The Kier molecular flexibility index (Phi) is 4.98. The molecular weight excluding hydrogens is 244 g/mol. The summed E-state index contributed by atoms with van der Waals surface area (Å²) in [6, 6.07) is 0. The summed E-state index contributed by atoms with van der Waals surface area (Å²) < 4.78 is 0.562. The summed E-state index contributed by atoms with van der Waals surface area (Å²) in [6.07, 6.45) is -0.516. The minimum Gasteiger partial charge on any atom is -0.323 e. The van der Waals surface area contributed by atoms with Crippen molar-refractivity contribution in [3.8, 4) is 0 Å². The average Bonchev–Trinajstić information content (AvgIpc) is 2.36. The van der Waals surface area contributed by atoms with Gasteiger partial charge in [-0.1, -0.05) is 19.0 Å². The van der Waals surface area contributed by atoms with Crippen molar-refractivity contribution in [1.82, 2.24) is 5.32 Å². The van der Waals surface area contributed by atoms with Gasteiger partial charge in [-0.15, -0.1) is 23.5 Å². The molecule has 1 atom stereocenters. The number of carbonyl (C=O) groups is 1. The monoisotopic (exact) mass is 262 g/mol. The highest BCUT2D eigenvalue weighted by atomic mass is 32.2. The molecule has 1 unspecified atom stereocenters. The van der Waals surface area contributed by atoms with Crippen LogP contribution in [-0.4, -0.2) is 34.9 Å². The Bertz CT molecular complexity index is 293. The molecule has 4 nitrogen and oxygen atoms in total. The van der Waals surface area contributed by atoms with Crippen molar-refractivity contribution < 1.29 is 9.63 Å². The van der Waals surface area contributed by atoms with Crippen molar-refractivity contribution in [2.45, 2.75) is 25.4 Å². The van der Waals surface area contributed by atoms with E-state index in [-0.39, 0.29) is 5.41 Å². The van der Waals surface area contributed by atoms with Crippen LogP contribution in [0.1, 0.15) is 20.8 Å². The lowest BCUT2D eigenvalue weighted by Crippen LogP contribution is -2.29. The third-order valence-electron chi connectivity index (χ3n) is 2.36. The van der Waals surface area contributed by atoms with Gasteiger partial charge in [-0.2, -0.15) is 0 Å². The second-order valence-electron chi connectivity index (χ2n) is 4.24. The van der Waals surface area contributed by atoms with Crippen LogP contribution in [0.5, 0.6) is 0 Å². The topological polar surface area (TPSA) is 50.7 Å². The molecule has 0 aliphatic carbocycles. The highest BCUT2D eigenvalue weighted by molar-refractivity contribution is 8.17. The van der Waals surface area contributed by atoms with Gasteiger partial charge in [-0.3, -0.25) is 4.84 Å². The van der Waals surface area contributed by atoms with E-state index in [0.717, 1.165) is 17.2 Å². The van der Waals surface area contributed by atoms with Crippen molar-refractivity contribution in [3.63, 3.8) is 0 Å². The van der Waals surface area contributed by atoms with Crippen LogP contribution in [0.4, 0.5) is 4.79 Å². The Hall–Kier alpha value is -0.360. The summed E-state index contributed by atoms with van der Waals surface area (Å²) in [4.78, 5) is 15.7. The lowest BCUT2D eigenvalue weighted by Gasteiger charge is -2.22. The first-order chi connectivity index (χ1) is 7.45. The third-order valence-corrected chi connectivity index (χ3v) is 5.44. The number of nitrogens with one attached hydrogen (secondary N) is 1. The predicted octanol–water partition coefficient (Wildman–Crippen LogP) is 2.55. The number of oxime groups is 1. The van der Waals surface area contributed by atoms with Gasteiger partial charge in [-0.25, -0.2) is 4.79 Å². The fourth-order valence-electron chi connectivity index (χ4n) is 1.14. The van der Waals surface area contributed by atoms with E-state index in [0.29, 0.717) is 4.58 Å². The van der Waals surface area contributed by atoms with E-state index in [1.54, 1.807) is 0 Å². The van der Waals surface area contributed by atoms with Crippen LogP contribution >= 0.6 is 23.5 Å². The molecule has 1 rings (SSSR count). The molecule has 1 aliphatic heterocycles. The Morgan fingerprint density at radius 1 is 1.56 bits per heavy atom. The lowest BCUT2D eigenvalue weighted by atomic mass is 9.91. The predicted molar refractivity (Wildman–Crippen MR) is 71.1 cm³/mol. The normalized spacial score (nSPS) is 27.2. The first kappa shape index (κ1) is 13.7. The van der Waals surface area contributed by atoms with Gasteiger partial charge < -0.3 is 5.32 Å². The van der Waals surface area contributed by atoms with Crippen LogP contribution in [0.2, 0.25) is 0 Å². The first-order valence-electron chi connectivity index (χ1n) is 5.15. The van der Waals surface area contributed by atoms with E-state index in [9.17, 15) is 4.79 Å². The van der Waals surface area contributed by atoms with Crippen molar-refractivity contribution in [2.24, 2.45) is 10.6 Å². The number of thioether (sulfide) groups is 2. The lowest BCUT2D eigenvalue weighted by molar-refractivity contribution is 0.152. The zero-order valence-electron chi connectivity index (χ0n) is 10.1. The maximum atomic E-state index is 11.0. The van der Waals surface area contributed by atoms with Crippen molar-refractivity contribution in [3.05, 3.63) is 0 Å². The molecule has 92 valence electrons. The molecule has 0 aromatic rings. The number of carbonyl (C=O) groups excluding carboxylic acids is 1. The van der Waals surface area contributed by atoms with Crippen LogP contribution in [0, 0.1) is 5.41 Å². The van der Waals surface area contributed by atoms with Crippen LogP contribution < -0.4 is 5.32 Å². The Balaban J connectivity index is 2.71. The molecule has 1 heterocycles. The summed E-state index contributed by atoms with van der Waals surface area (Å²) >= 11 is 3.74. The van der Waals surface area contributed by atoms with Gasteiger partial charge in [0.25, 0.3) is 0 Å². The summed E-state index contributed by atoms with van der Waals surface area (Å²) in [5.41, 5.74) is 0.925. The molecule has 0 bridgehead atoms. The van der Waals surface area contributed by atoms with Crippen LogP contribution in [-0.2, 0) is 4.84 Å². The number of amides is 1. The molecule has 0 aromatic carbocycles. The summed E-state index contributed by atoms with van der Waals surface area (Å²) in [5.74, 6) is 1.81. The number of hydrogen-bond donors (Lipinski definition) is 1. The molecule has 0 radical (unpaired) electrons. The van der Waals surface area contributed by atoms with Gasteiger partial charge in [0.15, 0.2) is 0 Å². The summed E-state index contributed by atoms with van der Waals surface area (Å²) in [7, 11) is 1.52. The van der Waals surface area contributed by atoms with E-state index < -0.39 is 6.09 Å². The smallest absolute Gasteiger partial charge is 0.323 e. The number of rotatable bonds is 1. The fraction of sp³-hybridized carbons (Fsp3) is 0.800. The molecule has 1 amide bonds. The van der Waals surface area contributed by atoms with Gasteiger partial charge in [-0.05, 0) is 6.92 Å². The van der Waals surface area contributed by atoms with Crippen molar-refractivity contribution in [2.75, 3.05) is 18.6 Å².